The van der Waals surface area contributed by atoms with Crippen LogP contribution in [0.15, 0.2) is 45.5 Å². The Morgan fingerprint density at radius 2 is 1.96 bits per heavy atom. The van der Waals surface area contributed by atoms with Crippen LogP contribution in [0.2, 0.25) is 0 Å². The van der Waals surface area contributed by atoms with Gasteiger partial charge in [0.15, 0.2) is 0 Å². The second kappa shape index (κ2) is 6.72. The van der Waals surface area contributed by atoms with E-state index in [9.17, 15) is 13.2 Å². The molecule has 0 aliphatic rings. The maximum absolute atomic E-state index is 12.8. The summed E-state index contributed by atoms with van der Waals surface area (Å²) in [6.45, 7) is 2.77. The minimum absolute atomic E-state index is 0.174. The number of hydrogen-bond donors (Lipinski definition) is 0. The molecular weight excluding hydrogens is 335 g/mol. The first-order chi connectivity index (χ1) is 11.8. The van der Waals surface area contributed by atoms with E-state index in [1.807, 2.05) is 11.9 Å². The van der Waals surface area contributed by atoms with Gasteiger partial charge in [-0.25, -0.2) is 4.98 Å². The van der Waals surface area contributed by atoms with Crippen LogP contribution in [0.25, 0.3) is 11.5 Å². The van der Waals surface area contributed by atoms with Gasteiger partial charge < -0.3 is 8.94 Å². The van der Waals surface area contributed by atoms with Gasteiger partial charge in [-0.3, -0.25) is 4.90 Å². The molecule has 0 atom stereocenters. The maximum Gasteiger partial charge on any atom is 0.416 e. The van der Waals surface area contributed by atoms with E-state index in [0.29, 0.717) is 30.1 Å². The predicted molar refractivity (Wildman–Crippen MR) is 83.4 cm³/mol. The van der Waals surface area contributed by atoms with E-state index in [2.05, 4.69) is 10.1 Å². The van der Waals surface area contributed by atoms with Crippen molar-refractivity contribution >= 4 is 0 Å². The van der Waals surface area contributed by atoms with Crippen molar-refractivity contribution in [3.8, 4) is 11.5 Å². The molecule has 0 radical (unpaired) electrons. The van der Waals surface area contributed by atoms with Crippen molar-refractivity contribution in [2.45, 2.75) is 26.2 Å². The minimum Gasteiger partial charge on any atom is -0.441 e. The zero-order chi connectivity index (χ0) is 18.0. The molecule has 0 amide bonds. The molecule has 1 aromatic carbocycles. The number of aryl methyl sites for hydroxylation is 1. The van der Waals surface area contributed by atoms with Crippen LogP contribution < -0.4 is 0 Å². The highest BCUT2D eigenvalue weighted by Gasteiger charge is 2.30. The Labute approximate surface area is 142 Å². The van der Waals surface area contributed by atoms with Crippen molar-refractivity contribution in [2.75, 3.05) is 7.05 Å². The molecule has 2 aromatic heterocycles. The Kier molecular flexibility index (Phi) is 4.63. The second-order valence-corrected chi connectivity index (χ2v) is 5.76. The summed E-state index contributed by atoms with van der Waals surface area (Å²) in [4.78, 5) is 6.31. The Hall–Kier alpha value is -2.61. The van der Waals surface area contributed by atoms with Crippen LogP contribution in [0.1, 0.15) is 22.7 Å². The number of rotatable bonds is 5. The molecule has 25 heavy (non-hydrogen) atoms. The summed E-state index contributed by atoms with van der Waals surface area (Å²) < 4.78 is 48.9. The molecule has 132 valence electrons. The third kappa shape index (κ3) is 4.08. The van der Waals surface area contributed by atoms with Gasteiger partial charge >= 0.3 is 6.18 Å². The van der Waals surface area contributed by atoms with E-state index in [-0.39, 0.29) is 5.89 Å². The van der Waals surface area contributed by atoms with Gasteiger partial charge in [-0.15, -0.1) is 0 Å². The minimum atomic E-state index is -4.40. The number of aromatic nitrogens is 2. The van der Waals surface area contributed by atoms with Crippen LogP contribution in [0.3, 0.4) is 0 Å². The van der Waals surface area contributed by atoms with Gasteiger partial charge in [0.1, 0.15) is 12.0 Å². The molecule has 2 heterocycles. The summed E-state index contributed by atoms with van der Waals surface area (Å²) in [6.07, 6.45) is -2.91. The van der Waals surface area contributed by atoms with E-state index in [0.717, 1.165) is 17.8 Å². The number of alkyl halides is 3. The number of hydrogen-bond acceptors (Lipinski definition) is 5. The van der Waals surface area contributed by atoms with Gasteiger partial charge in [-0.2, -0.15) is 13.2 Å². The van der Waals surface area contributed by atoms with Gasteiger partial charge in [0.25, 0.3) is 0 Å². The lowest BCUT2D eigenvalue weighted by Crippen LogP contribution is -2.18. The lowest BCUT2D eigenvalue weighted by molar-refractivity contribution is -0.137. The number of oxazole rings is 1. The highest BCUT2D eigenvalue weighted by atomic mass is 19.4. The molecule has 0 unspecified atom stereocenters. The highest BCUT2D eigenvalue weighted by Crippen LogP contribution is 2.32. The number of halogens is 3. The van der Waals surface area contributed by atoms with Crippen molar-refractivity contribution in [1.82, 2.24) is 15.0 Å². The summed E-state index contributed by atoms with van der Waals surface area (Å²) in [5.41, 5.74) is 1.01. The SMILES string of the molecule is Cc1oc(-c2cccc(C(F)(F)F)c2)nc1CN(C)Cc1ccon1. The van der Waals surface area contributed by atoms with E-state index < -0.39 is 11.7 Å². The van der Waals surface area contributed by atoms with Crippen LogP contribution in [-0.4, -0.2) is 22.1 Å². The summed E-state index contributed by atoms with van der Waals surface area (Å²) in [5, 5.41) is 3.84. The largest absolute Gasteiger partial charge is 0.441 e. The van der Waals surface area contributed by atoms with Crippen LogP contribution in [0.5, 0.6) is 0 Å². The Balaban J connectivity index is 1.78. The van der Waals surface area contributed by atoms with Gasteiger partial charge in [0.2, 0.25) is 5.89 Å². The molecule has 0 aliphatic heterocycles. The standard InChI is InChI=1S/C17H16F3N3O2/c1-11-15(10-23(2)9-14-6-7-24-22-14)21-16(25-11)12-4-3-5-13(8-12)17(18,19)20/h3-8H,9-10H2,1-2H3. The Morgan fingerprint density at radius 1 is 1.16 bits per heavy atom. The summed E-state index contributed by atoms with van der Waals surface area (Å²) >= 11 is 0. The Morgan fingerprint density at radius 3 is 2.64 bits per heavy atom. The topological polar surface area (TPSA) is 55.3 Å². The molecule has 5 nitrogen and oxygen atoms in total. The fourth-order valence-corrected chi connectivity index (χ4v) is 2.43. The molecule has 0 fully saturated rings. The van der Waals surface area contributed by atoms with E-state index in [1.54, 1.807) is 19.1 Å². The lowest BCUT2D eigenvalue weighted by atomic mass is 10.1. The van der Waals surface area contributed by atoms with Crippen molar-refractivity contribution < 1.29 is 22.1 Å². The monoisotopic (exact) mass is 351 g/mol. The van der Waals surface area contributed by atoms with Gasteiger partial charge in [0, 0.05) is 24.7 Å². The zero-order valence-electron chi connectivity index (χ0n) is 13.7. The molecule has 0 saturated carbocycles. The molecular formula is C17H16F3N3O2. The highest BCUT2D eigenvalue weighted by molar-refractivity contribution is 5.55. The van der Waals surface area contributed by atoms with Crippen LogP contribution >= 0.6 is 0 Å². The second-order valence-electron chi connectivity index (χ2n) is 5.76. The van der Waals surface area contributed by atoms with Crippen LogP contribution in [0, 0.1) is 6.92 Å². The molecule has 3 aromatic rings. The van der Waals surface area contributed by atoms with Gasteiger partial charge in [0.05, 0.1) is 17.0 Å². The van der Waals surface area contributed by atoms with Crippen LogP contribution in [-0.2, 0) is 19.3 Å². The van der Waals surface area contributed by atoms with E-state index in [4.69, 9.17) is 8.94 Å². The molecule has 0 spiro atoms. The van der Waals surface area contributed by atoms with Gasteiger partial charge in [-0.05, 0) is 32.2 Å². The normalized spacial score (nSPS) is 12.1. The summed E-state index contributed by atoms with van der Waals surface area (Å²) in [7, 11) is 1.88. The molecule has 8 heteroatoms. The fraction of sp³-hybridized carbons (Fsp3) is 0.294. The van der Waals surface area contributed by atoms with Crippen molar-refractivity contribution in [1.29, 1.82) is 0 Å². The third-order valence-corrected chi connectivity index (χ3v) is 3.67. The molecule has 0 saturated heterocycles. The van der Waals surface area contributed by atoms with E-state index in [1.165, 1.54) is 12.3 Å². The van der Waals surface area contributed by atoms with Crippen molar-refractivity contribution in [2.24, 2.45) is 0 Å². The Bertz CT molecular complexity index is 841. The smallest absolute Gasteiger partial charge is 0.416 e. The van der Waals surface area contributed by atoms with Gasteiger partial charge in [-0.1, -0.05) is 11.2 Å². The molecule has 0 N–H and O–H groups in total. The van der Waals surface area contributed by atoms with Crippen LogP contribution in [0.4, 0.5) is 13.2 Å². The quantitative estimate of drug-likeness (QED) is 0.686. The number of nitrogens with zero attached hydrogens (tertiary/aromatic N) is 3. The zero-order valence-corrected chi connectivity index (χ0v) is 13.7. The first kappa shape index (κ1) is 17.2. The summed E-state index contributed by atoms with van der Waals surface area (Å²) in [6, 6.07) is 6.71. The first-order valence-corrected chi connectivity index (χ1v) is 7.54. The lowest BCUT2D eigenvalue weighted by Gasteiger charge is -2.13. The molecule has 0 bridgehead atoms. The van der Waals surface area contributed by atoms with E-state index >= 15 is 0 Å². The van der Waals surface area contributed by atoms with Crippen molar-refractivity contribution in [3.63, 3.8) is 0 Å². The average Bonchev–Trinajstić information content (AvgIpc) is 3.17. The van der Waals surface area contributed by atoms with Crippen molar-refractivity contribution in [3.05, 3.63) is 59.3 Å². The fourth-order valence-electron chi connectivity index (χ4n) is 2.43. The molecule has 3 rings (SSSR count). The first-order valence-electron chi connectivity index (χ1n) is 7.54. The molecule has 0 aliphatic carbocycles. The maximum atomic E-state index is 12.8. The average molecular weight is 351 g/mol. The summed E-state index contributed by atoms with van der Waals surface area (Å²) in [5.74, 6) is 0.743. The third-order valence-electron chi connectivity index (χ3n) is 3.67. The number of benzene rings is 1. The predicted octanol–water partition coefficient (Wildman–Crippen LogP) is 4.29.